The van der Waals surface area contributed by atoms with E-state index in [1.165, 1.54) is 17.7 Å². The number of hydrogen-bond acceptors (Lipinski definition) is 2. The fourth-order valence-corrected chi connectivity index (χ4v) is 2.77. The third-order valence-electron chi connectivity index (χ3n) is 3.56. The van der Waals surface area contributed by atoms with Crippen LogP contribution >= 0.6 is 11.6 Å². The quantitative estimate of drug-likeness (QED) is 0.893. The van der Waals surface area contributed by atoms with Gasteiger partial charge in [0.25, 0.3) is 5.91 Å². The van der Waals surface area contributed by atoms with Gasteiger partial charge in [-0.1, -0.05) is 23.7 Å². The normalized spacial score (nSPS) is 13.6. The fourth-order valence-electron chi connectivity index (χ4n) is 2.51. The zero-order chi connectivity index (χ0) is 14.8. The maximum Gasteiger partial charge on any atom is 0.257 e. The molecule has 21 heavy (non-hydrogen) atoms. The number of hydrogen-bond donors (Lipinski definition) is 2. The molecule has 3 nitrogen and oxygen atoms in total. The molecule has 0 radical (unpaired) electrons. The van der Waals surface area contributed by atoms with Crippen molar-refractivity contribution in [1.82, 2.24) is 5.32 Å². The van der Waals surface area contributed by atoms with Crippen LogP contribution in [0.4, 0.5) is 10.1 Å². The van der Waals surface area contributed by atoms with Gasteiger partial charge in [-0.2, -0.15) is 0 Å². The molecular formula is C16H14ClFN2O. The minimum Gasteiger partial charge on any atom is -0.322 e. The molecule has 0 saturated carbocycles. The molecule has 0 atom stereocenters. The zero-order valence-electron chi connectivity index (χ0n) is 11.2. The number of anilines is 1. The van der Waals surface area contributed by atoms with Crippen LogP contribution in [0.3, 0.4) is 0 Å². The monoisotopic (exact) mass is 304 g/mol. The van der Waals surface area contributed by atoms with Crippen LogP contribution in [0.1, 0.15) is 21.5 Å². The van der Waals surface area contributed by atoms with E-state index in [0.29, 0.717) is 0 Å². The highest BCUT2D eigenvalue weighted by atomic mass is 35.5. The molecule has 1 heterocycles. The SMILES string of the molecule is O=C(Nc1cccc2c1CCNC2)c1ccc(F)cc1Cl. The summed E-state index contributed by atoms with van der Waals surface area (Å²) in [6, 6.07) is 9.59. The van der Waals surface area contributed by atoms with Crippen molar-refractivity contribution in [1.29, 1.82) is 0 Å². The predicted molar refractivity (Wildman–Crippen MR) is 81.2 cm³/mol. The van der Waals surface area contributed by atoms with Crippen molar-refractivity contribution in [2.45, 2.75) is 13.0 Å². The smallest absolute Gasteiger partial charge is 0.257 e. The molecule has 108 valence electrons. The highest BCUT2D eigenvalue weighted by molar-refractivity contribution is 6.34. The summed E-state index contributed by atoms with van der Waals surface area (Å²) >= 11 is 5.92. The summed E-state index contributed by atoms with van der Waals surface area (Å²) in [4.78, 5) is 12.3. The maximum atomic E-state index is 13.0. The Morgan fingerprint density at radius 2 is 2.14 bits per heavy atom. The lowest BCUT2D eigenvalue weighted by molar-refractivity contribution is 0.102. The number of carbonyl (C=O) groups is 1. The minimum atomic E-state index is -0.459. The largest absolute Gasteiger partial charge is 0.322 e. The minimum absolute atomic E-state index is 0.110. The van der Waals surface area contributed by atoms with Gasteiger partial charge in [0.1, 0.15) is 5.82 Å². The number of halogens is 2. The molecule has 2 aromatic rings. The molecular weight excluding hydrogens is 291 g/mol. The van der Waals surface area contributed by atoms with Crippen LogP contribution in [0.25, 0.3) is 0 Å². The number of rotatable bonds is 2. The third kappa shape index (κ3) is 2.91. The third-order valence-corrected chi connectivity index (χ3v) is 3.88. The molecule has 1 amide bonds. The summed E-state index contributed by atoms with van der Waals surface area (Å²) in [7, 11) is 0. The second kappa shape index (κ2) is 5.84. The average molecular weight is 305 g/mol. The van der Waals surface area contributed by atoms with Gasteiger partial charge in [0.15, 0.2) is 0 Å². The Hall–Kier alpha value is -1.91. The van der Waals surface area contributed by atoms with Gasteiger partial charge < -0.3 is 10.6 Å². The van der Waals surface area contributed by atoms with Crippen molar-refractivity contribution in [3.63, 3.8) is 0 Å². The zero-order valence-corrected chi connectivity index (χ0v) is 12.0. The Morgan fingerprint density at radius 1 is 1.29 bits per heavy atom. The summed E-state index contributed by atoms with van der Waals surface area (Å²) in [5.41, 5.74) is 3.39. The van der Waals surface area contributed by atoms with Crippen molar-refractivity contribution >= 4 is 23.2 Å². The second-order valence-electron chi connectivity index (χ2n) is 4.95. The molecule has 1 aliphatic heterocycles. The number of fused-ring (bicyclic) bond motifs is 1. The van der Waals surface area contributed by atoms with E-state index < -0.39 is 5.82 Å². The van der Waals surface area contributed by atoms with Crippen LogP contribution < -0.4 is 10.6 Å². The van der Waals surface area contributed by atoms with E-state index in [0.717, 1.165) is 36.8 Å². The van der Waals surface area contributed by atoms with Crippen LogP contribution in [0.2, 0.25) is 5.02 Å². The van der Waals surface area contributed by atoms with E-state index in [9.17, 15) is 9.18 Å². The molecule has 5 heteroatoms. The average Bonchev–Trinajstić information content (AvgIpc) is 2.47. The Kier molecular flexibility index (Phi) is 3.90. The Balaban J connectivity index is 1.88. The Bertz CT molecular complexity index is 703. The molecule has 0 aliphatic carbocycles. The standard InChI is InChI=1S/C16H14ClFN2O/c17-14-8-11(18)4-5-13(14)16(21)20-15-3-1-2-10-9-19-7-6-12(10)15/h1-5,8,19H,6-7,9H2,(H,20,21). The molecule has 0 saturated heterocycles. The first kappa shape index (κ1) is 14.0. The number of benzene rings is 2. The Labute approximate surface area is 127 Å². The van der Waals surface area contributed by atoms with Crippen molar-refractivity contribution in [3.05, 3.63) is 63.9 Å². The second-order valence-corrected chi connectivity index (χ2v) is 5.36. The molecule has 2 aromatic carbocycles. The molecule has 0 bridgehead atoms. The van der Waals surface area contributed by atoms with Crippen LogP contribution in [0.15, 0.2) is 36.4 Å². The van der Waals surface area contributed by atoms with Crippen LogP contribution in [0.5, 0.6) is 0 Å². The summed E-state index contributed by atoms with van der Waals surface area (Å²) in [6.07, 6.45) is 0.864. The van der Waals surface area contributed by atoms with E-state index in [1.807, 2.05) is 18.2 Å². The number of nitrogens with one attached hydrogen (secondary N) is 2. The Morgan fingerprint density at radius 3 is 2.95 bits per heavy atom. The van der Waals surface area contributed by atoms with Crippen molar-refractivity contribution < 1.29 is 9.18 Å². The van der Waals surface area contributed by atoms with Crippen LogP contribution in [0, 0.1) is 5.82 Å². The predicted octanol–water partition coefficient (Wildman–Crippen LogP) is 3.38. The molecule has 0 spiro atoms. The summed E-state index contributed by atoms with van der Waals surface area (Å²) < 4.78 is 13.0. The lowest BCUT2D eigenvalue weighted by atomic mass is 9.99. The summed E-state index contributed by atoms with van der Waals surface area (Å²) in [5, 5.41) is 6.28. The van der Waals surface area contributed by atoms with Crippen LogP contribution in [-0.4, -0.2) is 12.5 Å². The van der Waals surface area contributed by atoms with Gasteiger partial charge in [-0.05, 0) is 48.4 Å². The number of amides is 1. The van der Waals surface area contributed by atoms with E-state index in [4.69, 9.17) is 11.6 Å². The topological polar surface area (TPSA) is 41.1 Å². The van der Waals surface area contributed by atoms with E-state index in [1.54, 1.807) is 0 Å². The molecule has 3 rings (SSSR count). The van der Waals surface area contributed by atoms with Crippen molar-refractivity contribution in [2.75, 3.05) is 11.9 Å². The fraction of sp³-hybridized carbons (Fsp3) is 0.188. The van der Waals surface area contributed by atoms with Gasteiger partial charge in [-0.25, -0.2) is 4.39 Å². The molecule has 0 fully saturated rings. The van der Waals surface area contributed by atoms with E-state index in [-0.39, 0.29) is 16.5 Å². The number of carbonyl (C=O) groups excluding carboxylic acids is 1. The molecule has 2 N–H and O–H groups in total. The van der Waals surface area contributed by atoms with Gasteiger partial charge in [0, 0.05) is 12.2 Å². The highest BCUT2D eigenvalue weighted by Gasteiger charge is 2.16. The lowest BCUT2D eigenvalue weighted by Crippen LogP contribution is -2.25. The van der Waals surface area contributed by atoms with Crippen LogP contribution in [-0.2, 0) is 13.0 Å². The first-order chi connectivity index (χ1) is 10.1. The van der Waals surface area contributed by atoms with Gasteiger partial charge >= 0.3 is 0 Å². The van der Waals surface area contributed by atoms with Crippen molar-refractivity contribution in [2.24, 2.45) is 0 Å². The molecule has 0 unspecified atom stereocenters. The molecule has 1 aliphatic rings. The van der Waals surface area contributed by atoms with Gasteiger partial charge in [-0.3, -0.25) is 4.79 Å². The first-order valence-corrected chi connectivity index (χ1v) is 7.11. The van der Waals surface area contributed by atoms with E-state index in [2.05, 4.69) is 10.6 Å². The maximum absolute atomic E-state index is 13.0. The first-order valence-electron chi connectivity index (χ1n) is 6.73. The van der Waals surface area contributed by atoms with Gasteiger partial charge in [0.2, 0.25) is 0 Å². The lowest BCUT2D eigenvalue weighted by Gasteiger charge is -2.20. The van der Waals surface area contributed by atoms with Gasteiger partial charge in [0.05, 0.1) is 10.6 Å². The highest BCUT2D eigenvalue weighted by Crippen LogP contribution is 2.25. The summed E-state index contributed by atoms with van der Waals surface area (Å²) in [6.45, 7) is 1.69. The van der Waals surface area contributed by atoms with Gasteiger partial charge in [-0.15, -0.1) is 0 Å². The summed E-state index contributed by atoms with van der Waals surface area (Å²) in [5.74, 6) is -0.786. The van der Waals surface area contributed by atoms with E-state index >= 15 is 0 Å². The van der Waals surface area contributed by atoms with Crippen molar-refractivity contribution in [3.8, 4) is 0 Å². The molecule has 0 aromatic heterocycles.